The van der Waals surface area contributed by atoms with Gasteiger partial charge in [0.25, 0.3) is 0 Å². The van der Waals surface area contributed by atoms with Crippen LogP contribution < -0.4 is 0 Å². The Morgan fingerprint density at radius 1 is 1.41 bits per heavy atom. The molecule has 0 bridgehead atoms. The molecule has 2 aromatic rings. The van der Waals surface area contributed by atoms with Crippen molar-refractivity contribution >= 4 is 11.3 Å². The van der Waals surface area contributed by atoms with Gasteiger partial charge in [0.2, 0.25) is 0 Å². The summed E-state index contributed by atoms with van der Waals surface area (Å²) in [5.74, 6) is 0. The molecule has 2 heterocycles. The summed E-state index contributed by atoms with van der Waals surface area (Å²) in [6, 6.07) is 0. The predicted octanol–water partition coefficient (Wildman–Crippen LogP) is 1.21. The maximum atomic E-state index is 8.73. The first-order valence-electron chi connectivity index (χ1n) is 5.68. The minimum Gasteiger partial charge on any atom is -0.396 e. The van der Waals surface area contributed by atoms with Gasteiger partial charge in [-0.15, -0.1) is 16.4 Å². The van der Waals surface area contributed by atoms with Gasteiger partial charge in [0.1, 0.15) is 0 Å². The van der Waals surface area contributed by atoms with Crippen LogP contribution in [-0.4, -0.2) is 31.7 Å². The first-order chi connectivity index (χ1) is 8.29. The third-order valence-corrected chi connectivity index (χ3v) is 3.58. The Hall–Kier alpha value is -1.27. The first kappa shape index (κ1) is 12.2. The molecule has 0 saturated heterocycles. The molecule has 0 fully saturated rings. The number of thiazole rings is 1. The van der Waals surface area contributed by atoms with E-state index in [0.29, 0.717) is 0 Å². The molecule has 0 aliphatic heterocycles. The number of hydrogen-bond acceptors (Lipinski definition) is 5. The molecule has 0 spiro atoms. The summed E-state index contributed by atoms with van der Waals surface area (Å²) in [4.78, 5) is 5.52. The minimum absolute atomic E-state index is 0.201. The second-order valence-corrected chi connectivity index (χ2v) is 4.85. The van der Waals surface area contributed by atoms with Crippen molar-refractivity contribution in [3.8, 4) is 0 Å². The summed E-state index contributed by atoms with van der Waals surface area (Å²) in [6.45, 7) is 3.06. The molecule has 17 heavy (non-hydrogen) atoms. The number of aliphatic hydroxyl groups excluding tert-OH is 1. The van der Waals surface area contributed by atoms with E-state index in [1.54, 1.807) is 11.3 Å². The van der Waals surface area contributed by atoms with E-state index in [9.17, 15) is 0 Å². The van der Waals surface area contributed by atoms with Gasteiger partial charge in [-0.1, -0.05) is 5.21 Å². The fourth-order valence-electron chi connectivity index (χ4n) is 1.60. The summed E-state index contributed by atoms with van der Waals surface area (Å²) in [5.41, 5.74) is 3.93. The molecular formula is C11H16N4OS. The molecule has 0 amide bonds. The van der Waals surface area contributed by atoms with Crippen LogP contribution in [0.5, 0.6) is 0 Å². The topological polar surface area (TPSA) is 63.8 Å². The monoisotopic (exact) mass is 252 g/mol. The van der Waals surface area contributed by atoms with Crippen molar-refractivity contribution in [3.63, 3.8) is 0 Å². The van der Waals surface area contributed by atoms with Gasteiger partial charge < -0.3 is 5.11 Å². The predicted molar refractivity (Wildman–Crippen MR) is 66.0 cm³/mol. The molecule has 0 radical (unpaired) electrons. The molecule has 0 atom stereocenters. The third kappa shape index (κ3) is 3.34. The number of aromatic nitrogens is 4. The van der Waals surface area contributed by atoms with Crippen LogP contribution in [0.15, 0.2) is 11.7 Å². The zero-order valence-electron chi connectivity index (χ0n) is 9.83. The Morgan fingerprint density at radius 3 is 3.00 bits per heavy atom. The van der Waals surface area contributed by atoms with Gasteiger partial charge in [0, 0.05) is 30.6 Å². The van der Waals surface area contributed by atoms with Crippen molar-refractivity contribution in [2.45, 2.75) is 32.7 Å². The van der Waals surface area contributed by atoms with Crippen molar-refractivity contribution in [3.05, 3.63) is 28.0 Å². The highest BCUT2D eigenvalue weighted by Gasteiger charge is 2.04. The van der Waals surface area contributed by atoms with Gasteiger partial charge in [-0.2, -0.15) is 0 Å². The Balaban J connectivity index is 1.87. The molecule has 2 aromatic heterocycles. The SMILES string of the molecule is Cc1ncsc1CCn1cc(CCCO)nn1. The normalized spacial score (nSPS) is 10.9. The molecule has 0 saturated carbocycles. The van der Waals surface area contributed by atoms with E-state index in [4.69, 9.17) is 5.11 Å². The highest BCUT2D eigenvalue weighted by molar-refractivity contribution is 7.09. The molecule has 2 rings (SSSR count). The van der Waals surface area contributed by atoms with E-state index >= 15 is 0 Å². The average molecular weight is 252 g/mol. The quantitative estimate of drug-likeness (QED) is 0.839. The molecule has 0 aliphatic carbocycles. The van der Waals surface area contributed by atoms with Crippen LogP contribution >= 0.6 is 11.3 Å². The van der Waals surface area contributed by atoms with E-state index in [-0.39, 0.29) is 6.61 Å². The van der Waals surface area contributed by atoms with Crippen molar-refractivity contribution in [1.29, 1.82) is 0 Å². The molecule has 6 heteroatoms. The first-order valence-corrected chi connectivity index (χ1v) is 6.56. The number of aliphatic hydroxyl groups is 1. The fourth-order valence-corrected chi connectivity index (χ4v) is 2.38. The van der Waals surface area contributed by atoms with Crippen molar-refractivity contribution in [2.75, 3.05) is 6.61 Å². The minimum atomic E-state index is 0.201. The van der Waals surface area contributed by atoms with Gasteiger partial charge >= 0.3 is 0 Å². The average Bonchev–Trinajstić information content (AvgIpc) is 2.93. The van der Waals surface area contributed by atoms with E-state index in [0.717, 1.165) is 37.2 Å². The zero-order chi connectivity index (χ0) is 12.1. The molecule has 0 aliphatic rings. The summed E-state index contributed by atoms with van der Waals surface area (Å²) < 4.78 is 1.85. The Labute approximate surface area is 104 Å². The number of rotatable bonds is 6. The van der Waals surface area contributed by atoms with E-state index in [1.165, 1.54) is 4.88 Å². The second-order valence-electron chi connectivity index (χ2n) is 3.91. The van der Waals surface area contributed by atoms with Crippen LogP contribution in [0.4, 0.5) is 0 Å². The highest BCUT2D eigenvalue weighted by atomic mass is 32.1. The lowest BCUT2D eigenvalue weighted by atomic mass is 10.2. The van der Waals surface area contributed by atoms with Crippen LogP contribution in [-0.2, 0) is 19.4 Å². The molecule has 0 unspecified atom stereocenters. The number of aryl methyl sites for hydroxylation is 4. The zero-order valence-corrected chi connectivity index (χ0v) is 10.7. The Kier molecular flexibility index (Phi) is 4.22. The maximum Gasteiger partial charge on any atom is 0.0828 e. The highest BCUT2D eigenvalue weighted by Crippen LogP contribution is 2.13. The third-order valence-electron chi connectivity index (χ3n) is 2.59. The van der Waals surface area contributed by atoms with Gasteiger partial charge in [-0.3, -0.25) is 4.68 Å². The number of hydrogen-bond donors (Lipinski definition) is 1. The molecule has 5 nitrogen and oxygen atoms in total. The lowest BCUT2D eigenvalue weighted by molar-refractivity contribution is 0.288. The molecular weight excluding hydrogens is 236 g/mol. The summed E-state index contributed by atoms with van der Waals surface area (Å²) in [6.07, 6.45) is 4.42. The van der Waals surface area contributed by atoms with Crippen molar-refractivity contribution in [2.24, 2.45) is 0 Å². The van der Waals surface area contributed by atoms with E-state index in [2.05, 4.69) is 15.3 Å². The number of nitrogens with zero attached hydrogens (tertiary/aromatic N) is 4. The van der Waals surface area contributed by atoms with Gasteiger partial charge in [-0.05, 0) is 19.8 Å². The lowest BCUT2D eigenvalue weighted by Crippen LogP contribution is -2.01. The smallest absolute Gasteiger partial charge is 0.0828 e. The molecule has 1 N–H and O–H groups in total. The summed E-state index contributed by atoms with van der Waals surface area (Å²) in [5, 5.41) is 16.9. The maximum absolute atomic E-state index is 8.73. The van der Waals surface area contributed by atoms with Crippen molar-refractivity contribution in [1.82, 2.24) is 20.0 Å². The van der Waals surface area contributed by atoms with Crippen LogP contribution in [0.3, 0.4) is 0 Å². The van der Waals surface area contributed by atoms with Crippen LogP contribution in [0, 0.1) is 6.92 Å². The Morgan fingerprint density at radius 2 is 2.29 bits per heavy atom. The Bertz CT molecular complexity index is 465. The van der Waals surface area contributed by atoms with Crippen LogP contribution in [0.25, 0.3) is 0 Å². The molecule has 0 aromatic carbocycles. The van der Waals surface area contributed by atoms with Crippen LogP contribution in [0.1, 0.15) is 22.7 Å². The summed E-state index contributed by atoms with van der Waals surface area (Å²) in [7, 11) is 0. The largest absolute Gasteiger partial charge is 0.396 e. The standard InChI is InChI=1S/C11H16N4OS/c1-9-11(17-8-12-9)4-5-15-7-10(13-14-15)3-2-6-16/h7-8,16H,2-6H2,1H3. The lowest BCUT2D eigenvalue weighted by Gasteiger charge is -1.98. The second kappa shape index (κ2) is 5.88. The van der Waals surface area contributed by atoms with Gasteiger partial charge in [0.05, 0.1) is 16.9 Å². The van der Waals surface area contributed by atoms with Gasteiger partial charge in [0.15, 0.2) is 0 Å². The molecule has 92 valence electrons. The van der Waals surface area contributed by atoms with Crippen LogP contribution in [0.2, 0.25) is 0 Å². The van der Waals surface area contributed by atoms with E-state index < -0.39 is 0 Å². The fraction of sp³-hybridized carbons (Fsp3) is 0.545. The van der Waals surface area contributed by atoms with Crippen molar-refractivity contribution < 1.29 is 5.11 Å². The summed E-state index contributed by atoms with van der Waals surface area (Å²) >= 11 is 1.68. The van der Waals surface area contributed by atoms with E-state index in [1.807, 2.05) is 23.3 Å². The van der Waals surface area contributed by atoms with Gasteiger partial charge in [-0.25, -0.2) is 4.98 Å².